The molecule has 0 N–H and O–H groups in total. The Morgan fingerprint density at radius 3 is 2.31 bits per heavy atom. The van der Waals surface area contributed by atoms with Gasteiger partial charge >= 0.3 is 0 Å². The highest BCUT2D eigenvalue weighted by atomic mass is 79.9. The third-order valence-electron chi connectivity index (χ3n) is 1.86. The molecule has 0 radical (unpaired) electrons. The minimum atomic E-state index is 0.212. The molecular formula is C11H14Br2O3. The van der Waals surface area contributed by atoms with Gasteiger partial charge in [-0.15, -0.1) is 0 Å². The fraction of sp³-hybridized carbons (Fsp3) is 0.455. The Balaban J connectivity index is 2.47. The molecule has 0 aromatic heterocycles. The van der Waals surface area contributed by atoms with Gasteiger partial charge in [0.25, 0.3) is 0 Å². The summed E-state index contributed by atoms with van der Waals surface area (Å²) in [6.07, 6.45) is 0. The summed E-state index contributed by atoms with van der Waals surface area (Å²) < 4.78 is 17.4. The van der Waals surface area contributed by atoms with Gasteiger partial charge in [0.1, 0.15) is 0 Å². The summed E-state index contributed by atoms with van der Waals surface area (Å²) in [5.41, 5.74) is 1.16. The van der Waals surface area contributed by atoms with Crippen molar-refractivity contribution in [1.29, 1.82) is 0 Å². The van der Waals surface area contributed by atoms with E-state index in [9.17, 15) is 0 Å². The molecule has 1 aromatic rings. The number of aryl methyl sites for hydroxylation is 1. The molecule has 0 amide bonds. The number of hydrogen-bond acceptors (Lipinski definition) is 3. The Hall–Kier alpha value is -0.100. The van der Waals surface area contributed by atoms with Crippen molar-refractivity contribution in [2.24, 2.45) is 0 Å². The first-order chi connectivity index (χ1) is 7.65. The van der Waals surface area contributed by atoms with Crippen LogP contribution in [0.5, 0.6) is 5.75 Å². The summed E-state index contributed by atoms with van der Waals surface area (Å²) in [4.78, 5) is 0. The molecule has 1 rings (SSSR count). The van der Waals surface area contributed by atoms with E-state index in [2.05, 4.69) is 31.9 Å². The Morgan fingerprint density at radius 2 is 1.75 bits per heavy atom. The first-order valence-electron chi connectivity index (χ1n) is 4.80. The van der Waals surface area contributed by atoms with Gasteiger partial charge in [0, 0.05) is 7.11 Å². The molecule has 16 heavy (non-hydrogen) atoms. The lowest BCUT2D eigenvalue weighted by atomic mass is 10.2. The molecule has 0 saturated carbocycles. The third kappa shape index (κ3) is 4.41. The standard InChI is InChI=1S/C11H14Br2O3/c1-8-5-9(12)11(10(13)6-8)16-7-15-4-3-14-2/h5-6H,3-4,7H2,1-2H3. The van der Waals surface area contributed by atoms with Crippen LogP contribution in [0.4, 0.5) is 0 Å². The largest absolute Gasteiger partial charge is 0.465 e. The van der Waals surface area contributed by atoms with Crippen LogP contribution in [0, 0.1) is 6.92 Å². The van der Waals surface area contributed by atoms with E-state index >= 15 is 0 Å². The van der Waals surface area contributed by atoms with Crippen LogP contribution in [0.3, 0.4) is 0 Å². The first kappa shape index (κ1) is 14.0. The van der Waals surface area contributed by atoms with Crippen LogP contribution in [0.15, 0.2) is 21.1 Å². The zero-order valence-corrected chi connectivity index (χ0v) is 12.4. The average molecular weight is 354 g/mol. The molecule has 5 heteroatoms. The van der Waals surface area contributed by atoms with Crippen LogP contribution in [-0.4, -0.2) is 27.1 Å². The van der Waals surface area contributed by atoms with Gasteiger partial charge < -0.3 is 14.2 Å². The van der Waals surface area contributed by atoms with E-state index in [1.165, 1.54) is 0 Å². The summed E-state index contributed by atoms with van der Waals surface area (Å²) in [6, 6.07) is 3.99. The highest BCUT2D eigenvalue weighted by Gasteiger charge is 2.07. The molecule has 0 atom stereocenters. The molecule has 1 aromatic carbocycles. The van der Waals surface area contributed by atoms with Crippen LogP contribution in [-0.2, 0) is 9.47 Å². The van der Waals surface area contributed by atoms with Crippen molar-refractivity contribution in [2.75, 3.05) is 27.1 Å². The molecule has 3 nitrogen and oxygen atoms in total. The van der Waals surface area contributed by atoms with Gasteiger partial charge in [0.05, 0.1) is 22.2 Å². The van der Waals surface area contributed by atoms with E-state index in [1.807, 2.05) is 19.1 Å². The van der Waals surface area contributed by atoms with Crippen molar-refractivity contribution in [1.82, 2.24) is 0 Å². The van der Waals surface area contributed by atoms with E-state index in [1.54, 1.807) is 7.11 Å². The molecule has 90 valence electrons. The molecule has 0 aliphatic heterocycles. The van der Waals surface area contributed by atoms with E-state index in [4.69, 9.17) is 14.2 Å². The number of ether oxygens (including phenoxy) is 3. The van der Waals surface area contributed by atoms with E-state index in [0.717, 1.165) is 20.3 Å². The second kappa shape index (κ2) is 7.27. The number of halogens is 2. The number of methoxy groups -OCH3 is 1. The highest BCUT2D eigenvalue weighted by Crippen LogP contribution is 2.34. The topological polar surface area (TPSA) is 27.7 Å². The van der Waals surface area contributed by atoms with Crippen LogP contribution in [0.2, 0.25) is 0 Å². The van der Waals surface area contributed by atoms with Crippen molar-refractivity contribution < 1.29 is 14.2 Å². The van der Waals surface area contributed by atoms with Crippen molar-refractivity contribution >= 4 is 31.9 Å². The molecule has 0 spiro atoms. The molecule has 0 bridgehead atoms. The lowest BCUT2D eigenvalue weighted by Crippen LogP contribution is -2.08. The first-order valence-corrected chi connectivity index (χ1v) is 6.39. The smallest absolute Gasteiger partial charge is 0.189 e. The van der Waals surface area contributed by atoms with Gasteiger partial charge in [-0.3, -0.25) is 0 Å². The zero-order chi connectivity index (χ0) is 12.0. The van der Waals surface area contributed by atoms with Crippen molar-refractivity contribution in [2.45, 2.75) is 6.92 Å². The average Bonchev–Trinajstić information content (AvgIpc) is 2.20. The van der Waals surface area contributed by atoms with Gasteiger partial charge in [0.2, 0.25) is 0 Å². The molecule has 0 saturated heterocycles. The maximum absolute atomic E-state index is 5.50. The van der Waals surface area contributed by atoms with Crippen LogP contribution >= 0.6 is 31.9 Å². The van der Waals surface area contributed by atoms with Crippen molar-refractivity contribution in [3.05, 3.63) is 26.6 Å². The Kier molecular flexibility index (Phi) is 6.34. The predicted octanol–water partition coefficient (Wildman–Crippen LogP) is 3.52. The van der Waals surface area contributed by atoms with Gasteiger partial charge in [-0.2, -0.15) is 0 Å². The quantitative estimate of drug-likeness (QED) is 0.578. The van der Waals surface area contributed by atoms with Gasteiger partial charge in [-0.25, -0.2) is 0 Å². The fourth-order valence-electron chi connectivity index (χ4n) is 1.13. The van der Waals surface area contributed by atoms with E-state index in [0.29, 0.717) is 13.2 Å². The SMILES string of the molecule is COCCOCOc1c(Br)cc(C)cc1Br. The lowest BCUT2D eigenvalue weighted by molar-refractivity contribution is -0.00913. The molecule has 0 unspecified atom stereocenters. The summed E-state index contributed by atoms with van der Waals surface area (Å²) in [5, 5.41) is 0. The van der Waals surface area contributed by atoms with Crippen LogP contribution in [0.1, 0.15) is 5.56 Å². The minimum absolute atomic E-state index is 0.212. The van der Waals surface area contributed by atoms with Gasteiger partial charge in [-0.1, -0.05) is 0 Å². The van der Waals surface area contributed by atoms with Crippen molar-refractivity contribution in [3.8, 4) is 5.75 Å². The summed E-state index contributed by atoms with van der Waals surface area (Å²) >= 11 is 6.89. The maximum atomic E-state index is 5.50. The number of rotatable bonds is 6. The summed E-state index contributed by atoms with van der Waals surface area (Å²) in [7, 11) is 1.64. The number of hydrogen-bond donors (Lipinski definition) is 0. The highest BCUT2D eigenvalue weighted by molar-refractivity contribution is 9.11. The van der Waals surface area contributed by atoms with Crippen LogP contribution < -0.4 is 4.74 Å². The monoisotopic (exact) mass is 352 g/mol. The second-order valence-electron chi connectivity index (χ2n) is 3.22. The van der Waals surface area contributed by atoms with Gasteiger partial charge in [-0.05, 0) is 56.5 Å². The molecule has 0 fully saturated rings. The normalized spacial score (nSPS) is 10.5. The maximum Gasteiger partial charge on any atom is 0.189 e. The predicted molar refractivity (Wildman–Crippen MR) is 69.9 cm³/mol. The van der Waals surface area contributed by atoms with Gasteiger partial charge in [0.15, 0.2) is 12.5 Å². The molecule has 0 aliphatic carbocycles. The Bertz CT molecular complexity index is 319. The lowest BCUT2D eigenvalue weighted by Gasteiger charge is -2.11. The summed E-state index contributed by atoms with van der Waals surface area (Å²) in [6.45, 7) is 3.33. The second-order valence-corrected chi connectivity index (χ2v) is 4.93. The number of benzene rings is 1. The minimum Gasteiger partial charge on any atom is -0.465 e. The van der Waals surface area contributed by atoms with E-state index < -0.39 is 0 Å². The van der Waals surface area contributed by atoms with Crippen molar-refractivity contribution in [3.63, 3.8) is 0 Å². The fourth-order valence-corrected chi connectivity index (χ4v) is 2.77. The Labute approximate surface area is 112 Å². The molecule has 0 heterocycles. The molecule has 0 aliphatic rings. The molecular weight excluding hydrogens is 340 g/mol. The third-order valence-corrected chi connectivity index (χ3v) is 3.04. The summed E-state index contributed by atoms with van der Waals surface area (Å²) in [5.74, 6) is 0.753. The Morgan fingerprint density at radius 1 is 1.12 bits per heavy atom. The van der Waals surface area contributed by atoms with E-state index in [-0.39, 0.29) is 6.79 Å². The zero-order valence-electron chi connectivity index (χ0n) is 9.26. The van der Waals surface area contributed by atoms with Crippen LogP contribution in [0.25, 0.3) is 0 Å².